The van der Waals surface area contributed by atoms with Crippen LogP contribution in [0.5, 0.6) is 0 Å². The number of guanidine groups is 1. The number of Topliss-reactive ketones (excluding diaryl/α,β-unsaturated/α-hetero) is 1. The van der Waals surface area contributed by atoms with Gasteiger partial charge < -0.3 is 19.9 Å². The molecule has 4 N–H and O–H groups in total. The molecule has 46 heavy (non-hydrogen) atoms. The summed E-state index contributed by atoms with van der Waals surface area (Å²) in [6.45, 7) is 9.98. The van der Waals surface area contributed by atoms with Crippen LogP contribution in [0.2, 0.25) is 0 Å². The average molecular weight is 641 g/mol. The van der Waals surface area contributed by atoms with E-state index in [1.165, 1.54) is 37.5 Å². The molecule has 4 saturated carbocycles. The lowest BCUT2D eigenvalue weighted by atomic mass is 9.48. The van der Waals surface area contributed by atoms with Gasteiger partial charge in [0.05, 0.1) is 11.3 Å². The summed E-state index contributed by atoms with van der Waals surface area (Å²) < 4.78 is 10.5. The van der Waals surface area contributed by atoms with Crippen LogP contribution in [0.1, 0.15) is 116 Å². The van der Waals surface area contributed by atoms with E-state index in [0.29, 0.717) is 42.8 Å². The number of carboxylic acid groups (broad SMARTS) is 1. The summed E-state index contributed by atoms with van der Waals surface area (Å²) in [5.41, 5.74) is -1.80. The fraction of sp³-hybridized carbons (Fsp3) is 0.647. The van der Waals surface area contributed by atoms with Gasteiger partial charge >= 0.3 is 18.2 Å². The third kappa shape index (κ3) is 10.0. The molecule has 0 aliphatic heterocycles. The minimum atomic E-state index is -1.27. The van der Waals surface area contributed by atoms with Crippen molar-refractivity contribution in [2.24, 2.45) is 28.2 Å². The summed E-state index contributed by atoms with van der Waals surface area (Å²) in [5.74, 6) is 0.500. The van der Waals surface area contributed by atoms with Gasteiger partial charge in [0.2, 0.25) is 11.9 Å². The van der Waals surface area contributed by atoms with E-state index in [2.05, 4.69) is 20.9 Å². The summed E-state index contributed by atoms with van der Waals surface area (Å²) in [4.78, 5) is 67.1. The Morgan fingerprint density at radius 2 is 1.30 bits per heavy atom. The van der Waals surface area contributed by atoms with Gasteiger partial charge in [0.1, 0.15) is 17.0 Å². The summed E-state index contributed by atoms with van der Waals surface area (Å²) in [6.07, 6.45) is 6.91. The molecule has 0 spiro atoms. The zero-order valence-corrected chi connectivity index (χ0v) is 27.8. The smallest absolute Gasteiger partial charge is 0.414 e. The van der Waals surface area contributed by atoms with E-state index >= 15 is 0 Å². The highest BCUT2D eigenvalue weighted by atomic mass is 16.6. The van der Waals surface area contributed by atoms with Crippen molar-refractivity contribution in [3.63, 3.8) is 0 Å². The second kappa shape index (κ2) is 13.8. The van der Waals surface area contributed by atoms with Gasteiger partial charge in [0.25, 0.3) is 0 Å². The number of nitrogens with zero attached hydrogens (tertiary/aromatic N) is 1. The van der Waals surface area contributed by atoms with Crippen LogP contribution in [0.15, 0.2) is 23.2 Å². The molecular formula is C34H48N4O8. The molecule has 0 radical (unpaired) electrons. The number of benzene rings is 1. The van der Waals surface area contributed by atoms with Crippen molar-refractivity contribution >= 4 is 47.2 Å². The Morgan fingerprint density at radius 1 is 0.804 bits per heavy atom. The van der Waals surface area contributed by atoms with Gasteiger partial charge in [0.15, 0.2) is 0 Å². The van der Waals surface area contributed by atoms with Crippen molar-refractivity contribution in [2.75, 3.05) is 5.32 Å². The van der Waals surface area contributed by atoms with Crippen LogP contribution in [-0.2, 0) is 19.1 Å². The number of aromatic carboxylic acids is 1. The molecule has 4 aliphatic rings. The second-order valence-electron chi connectivity index (χ2n) is 15.2. The number of hydrogen-bond donors (Lipinski definition) is 4. The van der Waals surface area contributed by atoms with Crippen LogP contribution in [0, 0.1) is 23.2 Å². The van der Waals surface area contributed by atoms with Crippen LogP contribution in [0.4, 0.5) is 21.0 Å². The van der Waals surface area contributed by atoms with Crippen LogP contribution >= 0.6 is 0 Å². The second-order valence-corrected chi connectivity index (χ2v) is 15.2. The SMILES string of the molecule is CC(C)(C)OC(=O)NC(=Nc1cc(NC(=O)CCCCC(=O)C23CC4CC(CC(C4)C2)C3)cc(C(=O)O)c1)NC(=O)OC(C)(C)C. The molecule has 3 amide bonds. The van der Waals surface area contributed by atoms with E-state index in [-0.39, 0.29) is 40.6 Å². The number of carbonyl (C=O) groups is 5. The van der Waals surface area contributed by atoms with Crippen LogP contribution in [-0.4, -0.2) is 52.1 Å². The third-order valence-corrected chi connectivity index (χ3v) is 8.62. The standard InChI is InChI=1S/C34H48N4O8/c1-32(2,3)45-30(43)37-29(38-31(44)46-33(4,5)6)36-25-15-23(28(41)42)14-24(16-25)35-27(40)10-8-7-9-26(39)34-17-20-11-21(18-34)13-22(12-20)19-34/h14-16,20-22H,7-13,17-19H2,1-6H3,(H,35,40)(H,41,42)(H2,36,37,38,43,44). The monoisotopic (exact) mass is 640 g/mol. The molecule has 0 heterocycles. The minimum Gasteiger partial charge on any atom is -0.478 e. The Hall–Kier alpha value is -3.96. The number of carboxylic acids is 1. The Balaban J connectivity index is 1.39. The molecule has 4 fully saturated rings. The first kappa shape index (κ1) is 34.9. The van der Waals surface area contributed by atoms with Crippen molar-refractivity contribution in [2.45, 2.75) is 117 Å². The summed E-state index contributed by atoms with van der Waals surface area (Å²) >= 11 is 0. The highest BCUT2D eigenvalue weighted by Gasteiger charge is 2.53. The Labute approximate surface area is 270 Å². The maximum absolute atomic E-state index is 13.3. The van der Waals surface area contributed by atoms with E-state index in [9.17, 15) is 29.1 Å². The third-order valence-electron chi connectivity index (χ3n) is 8.62. The zero-order valence-electron chi connectivity index (χ0n) is 27.8. The van der Waals surface area contributed by atoms with Crippen molar-refractivity contribution in [1.82, 2.24) is 10.6 Å². The minimum absolute atomic E-state index is 0.0264. The highest BCUT2D eigenvalue weighted by Crippen LogP contribution is 2.60. The molecule has 0 atom stereocenters. The number of ketones is 1. The molecule has 12 heteroatoms. The van der Waals surface area contributed by atoms with Crippen LogP contribution in [0.25, 0.3) is 0 Å². The van der Waals surface area contributed by atoms with Crippen molar-refractivity contribution < 1.29 is 38.6 Å². The maximum atomic E-state index is 13.3. The molecule has 12 nitrogen and oxygen atoms in total. The summed E-state index contributed by atoms with van der Waals surface area (Å²) in [7, 11) is 0. The van der Waals surface area contributed by atoms with E-state index in [0.717, 1.165) is 19.3 Å². The van der Waals surface area contributed by atoms with E-state index < -0.39 is 29.4 Å². The highest BCUT2D eigenvalue weighted by molar-refractivity contribution is 6.03. The Morgan fingerprint density at radius 3 is 1.78 bits per heavy atom. The summed E-state index contributed by atoms with van der Waals surface area (Å²) in [5, 5.41) is 17.1. The first-order valence-electron chi connectivity index (χ1n) is 16.2. The normalized spacial score (nSPS) is 23.2. The number of rotatable bonds is 9. The fourth-order valence-corrected chi connectivity index (χ4v) is 7.40. The van der Waals surface area contributed by atoms with Crippen molar-refractivity contribution in [1.29, 1.82) is 0 Å². The molecule has 0 unspecified atom stereocenters. The van der Waals surface area contributed by atoms with Gasteiger partial charge in [-0.15, -0.1) is 0 Å². The van der Waals surface area contributed by atoms with Crippen molar-refractivity contribution in [3.05, 3.63) is 23.8 Å². The molecular weight excluding hydrogens is 592 g/mol. The molecule has 4 aliphatic carbocycles. The fourth-order valence-electron chi connectivity index (χ4n) is 7.40. The molecule has 1 aromatic rings. The molecule has 252 valence electrons. The lowest BCUT2D eigenvalue weighted by Gasteiger charge is -2.56. The molecule has 1 aromatic carbocycles. The van der Waals surface area contributed by atoms with Crippen molar-refractivity contribution in [3.8, 4) is 0 Å². The number of anilines is 1. The molecule has 0 saturated heterocycles. The van der Waals surface area contributed by atoms with Gasteiger partial charge in [-0.2, -0.15) is 0 Å². The van der Waals surface area contributed by atoms with E-state index in [1.807, 2.05) is 0 Å². The number of alkyl carbamates (subject to hydrolysis) is 2. The number of amides is 3. The van der Waals surface area contributed by atoms with Crippen LogP contribution in [0.3, 0.4) is 0 Å². The zero-order chi connectivity index (χ0) is 33.9. The van der Waals surface area contributed by atoms with Gasteiger partial charge in [-0.25, -0.2) is 19.4 Å². The lowest BCUT2D eigenvalue weighted by Crippen LogP contribution is -2.49. The lowest BCUT2D eigenvalue weighted by molar-refractivity contribution is -0.144. The number of hydrogen-bond acceptors (Lipinski definition) is 8. The number of carbonyl (C=O) groups excluding carboxylic acids is 4. The first-order chi connectivity index (χ1) is 21.4. The predicted octanol–water partition coefficient (Wildman–Crippen LogP) is 6.71. The van der Waals surface area contributed by atoms with E-state index in [4.69, 9.17) is 9.47 Å². The van der Waals surface area contributed by atoms with Gasteiger partial charge in [-0.1, -0.05) is 0 Å². The van der Waals surface area contributed by atoms with Gasteiger partial charge in [-0.05, 0) is 129 Å². The number of aliphatic imine (C=N–C) groups is 1. The predicted molar refractivity (Wildman–Crippen MR) is 172 cm³/mol. The van der Waals surface area contributed by atoms with E-state index in [1.54, 1.807) is 41.5 Å². The number of ether oxygens (including phenoxy) is 2. The quantitative estimate of drug-likeness (QED) is 0.131. The Bertz CT molecular complexity index is 1320. The maximum Gasteiger partial charge on any atom is 0.414 e. The topological polar surface area (TPSA) is 172 Å². The largest absolute Gasteiger partial charge is 0.478 e. The van der Waals surface area contributed by atoms with Gasteiger partial charge in [0, 0.05) is 23.9 Å². The molecule has 0 aromatic heterocycles. The first-order valence-corrected chi connectivity index (χ1v) is 16.2. The molecule has 4 bridgehead atoms. The molecule has 5 rings (SSSR count). The average Bonchev–Trinajstić information content (AvgIpc) is 2.87. The van der Waals surface area contributed by atoms with Gasteiger partial charge in [-0.3, -0.25) is 20.2 Å². The Kier molecular flexibility index (Phi) is 10.5. The summed E-state index contributed by atoms with van der Waals surface area (Å²) in [6, 6.07) is 3.92. The van der Waals surface area contributed by atoms with Crippen LogP contribution < -0.4 is 16.0 Å². The number of unbranched alkanes of at least 4 members (excludes halogenated alkanes) is 1. The number of nitrogens with one attached hydrogen (secondary N) is 3.